The van der Waals surface area contributed by atoms with Crippen molar-refractivity contribution in [1.82, 2.24) is 10.2 Å². The van der Waals surface area contributed by atoms with Gasteiger partial charge in [-0.3, -0.25) is 9.69 Å². The van der Waals surface area contributed by atoms with E-state index in [2.05, 4.69) is 27.9 Å². The Morgan fingerprint density at radius 2 is 2.00 bits per heavy atom. The second-order valence-corrected chi connectivity index (χ2v) is 6.63. The van der Waals surface area contributed by atoms with Crippen LogP contribution in [-0.2, 0) is 4.79 Å². The zero-order valence-electron chi connectivity index (χ0n) is 14.2. The van der Waals surface area contributed by atoms with Crippen LogP contribution >= 0.6 is 22.6 Å². The van der Waals surface area contributed by atoms with Crippen LogP contribution in [0.25, 0.3) is 6.08 Å². The minimum atomic E-state index is -0.395. The second-order valence-electron chi connectivity index (χ2n) is 5.47. The van der Waals surface area contributed by atoms with Crippen molar-refractivity contribution in [2.75, 3.05) is 13.2 Å². The van der Waals surface area contributed by atoms with Crippen molar-refractivity contribution in [3.05, 3.63) is 27.0 Å². The number of nitrogens with one attached hydrogen (secondary N) is 1. The lowest BCUT2D eigenvalue weighted by atomic mass is 10.1. The molecule has 0 spiro atoms. The maximum Gasteiger partial charge on any atom is 0.328 e. The van der Waals surface area contributed by atoms with Gasteiger partial charge in [0.1, 0.15) is 5.70 Å². The molecule has 6 nitrogen and oxygen atoms in total. The molecule has 24 heavy (non-hydrogen) atoms. The first-order chi connectivity index (χ1) is 11.4. The van der Waals surface area contributed by atoms with E-state index in [1.807, 2.05) is 32.9 Å². The highest BCUT2D eigenvalue weighted by Crippen LogP contribution is 2.35. The summed E-state index contributed by atoms with van der Waals surface area (Å²) in [5.41, 5.74) is 1.03. The SMILES string of the molecule is CCOc1cc(/C=C2/NC(=O)N(CC)C2=O)cc(I)c1OC(C)C. The van der Waals surface area contributed by atoms with Crippen LogP contribution in [0.2, 0.25) is 0 Å². The summed E-state index contributed by atoms with van der Waals surface area (Å²) in [6, 6.07) is 3.31. The number of amides is 3. The van der Waals surface area contributed by atoms with Gasteiger partial charge in [0.25, 0.3) is 5.91 Å². The van der Waals surface area contributed by atoms with Gasteiger partial charge in [-0.25, -0.2) is 4.79 Å². The molecule has 0 unspecified atom stereocenters. The second kappa shape index (κ2) is 7.87. The maximum atomic E-state index is 12.2. The van der Waals surface area contributed by atoms with E-state index < -0.39 is 6.03 Å². The molecule has 1 aromatic rings. The summed E-state index contributed by atoms with van der Waals surface area (Å²) in [6.45, 7) is 8.40. The number of carbonyl (C=O) groups excluding carboxylic acids is 2. The molecule has 3 amide bonds. The molecule has 1 N–H and O–H groups in total. The normalized spacial score (nSPS) is 16.1. The van der Waals surface area contributed by atoms with Gasteiger partial charge in [-0.05, 0) is 74.1 Å². The first kappa shape index (κ1) is 18.6. The van der Waals surface area contributed by atoms with Crippen molar-refractivity contribution < 1.29 is 19.1 Å². The zero-order valence-corrected chi connectivity index (χ0v) is 16.3. The Balaban J connectivity index is 2.40. The predicted octanol–water partition coefficient (Wildman–Crippen LogP) is 3.39. The van der Waals surface area contributed by atoms with Crippen LogP contribution in [0.15, 0.2) is 17.8 Å². The molecular weight excluding hydrogens is 423 g/mol. The lowest BCUT2D eigenvalue weighted by molar-refractivity contribution is -0.122. The van der Waals surface area contributed by atoms with Crippen molar-refractivity contribution >= 4 is 40.6 Å². The van der Waals surface area contributed by atoms with E-state index in [4.69, 9.17) is 9.47 Å². The van der Waals surface area contributed by atoms with Crippen molar-refractivity contribution in [3.8, 4) is 11.5 Å². The smallest absolute Gasteiger partial charge is 0.328 e. The van der Waals surface area contributed by atoms with Crippen molar-refractivity contribution in [3.63, 3.8) is 0 Å². The Morgan fingerprint density at radius 1 is 1.29 bits per heavy atom. The zero-order chi connectivity index (χ0) is 17.9. The molecule has 0 atom stereocenters. The molecule has 130 valence electrons. The summed E-state index contributed by atoms with van der Waals surface area (Å²) in [5.74, 6) is 0.985. The molecule has 1 fully saturated rings. The fraction of sp³-hybridized carbons (Fsp3) is 0.412. The van der Waals surface area contributed by atoms with Gasteiger partial charge < -0.3 is 14.8 Å². The van der Waals surface area contributed by atoms with Gasteiger partial charge in [0.15, 0.2) is 11.5 Å². The standard InChI is InChI=1S/C17H21IN2O4/c1-5-20-16(21)13(19-17(20)22)8-11-7-12(18)15(24-10(3)4)14(9-11)23-6-2/h7-10H,5-6H2,1-4H3,(H,19,22)/b13-8+. The lowest BCUT2D eigenvalue weighted by Gasteiger charge is -2.17. The van der Waals surface area contributed by atoms with E-state index in [1.165, 1.54) is 0 Å². The number of halogens is 1. The number of hydrogen-bond acceptors (Lipinski definition) is 4. The highest BCUT2D eigenvalue weighted by molar-refractivity contribution is 14.1. The molecule has 0 aromatic heterocycles. The molecule has 0 aliphatic carbocycles. The van der Waals surface area contributed by atoms with E-state index in [9.17, 15) is 9.59 Å². The number of ether oxygens (including phenoxy) is 2. The van der Waals surface area contributed by atoms with Gasteiger partial charge >= 0.3 is 6.03 Å². The lowest BCUT2D eigenvalue weighted by Crippen LogP contribution is -2.30. The van der Waals surface area contributed by atoms with Crippen LogP contribution in [-0.4, -0.2) is 36.1 Å². The molecule has 0 saturated carbocycles. The molecule has 1 heterocycles. The average molecular weight is 444 g/mol. The third-order valence-electron chi connectivity index (χ3n) is 3.27. The minimum absolute atomic E-state index is 0.0238. The van der Waals surface area contributed by atoms with Gasteiger partial charge in [-0.2, -0.15) is 0 Å². The van der Waals surface area contributed by atoms with Gasteiger partial charge in [0, 0.05) is 6.54 Å². The quantitative estimate of drug-likeness (QED) is 0.415. The molecule has 1 aromatic carbocycles. The van der Waals surface area contributed by atoms with Crippen LogP contribution in [0.5, 0.6) is 11.5 Å². The molecule has 2 rings (SSSR count). The molecule has 1 saturated heterocycles. The van der Waals surface area contributed by atoms with E-state index in [-0.39, 0.29) is 17.7 Å². The number of nitrogens with zero attached hydrogens (tertiary/aromatic N) is 1. The summed E-state index contributed by atoms with van der Waals surface area (Å²) in [4.78, 5) is 25.1. The fourth-order valence-electron chi connectivity index (χ4n) is 2.31. The highest BCUT2D eigenvalue weighted by Gasteiger charge is 2.32. The number of imide groups is 1. The third kappa shape index (κ3) is 4.00. The Kier molecular flexibility index (Phi) is 6.09. The van der Waals surface area contributed by atoms with E-state index >= 15 is 0 Å². The van der Waals surface area contributed by atoms with Crippen molar-refractivity contribution in [2.45, 2.75) is 33.8 Å². The van der Waals surface area contributed by atoms with Crippen molar-refractivity contribution in [2.24, 2.45) is 0 Å². The number of urea groups is 1. The Hall–Kier alpha value is -1.77. The highest BCUT2D eigenvalue weighted by atomic mass is 127. The maximum absolute atomic E-state index is 12.2. The molecule has 7 heteroatoms. The molecule has 1 aliphatic heterocycles. The summed E-state index contributed by atoms with van der Waals surface area (Å²) in [6.07, 6.45) is 1.68. The van der Waals surface area contributed by atoms with Gasteiger partial charge in [0.2, 0.25) is 0 Å². The number of likely N-dealkylation sites (N-methyl/N-ethyl adjacent to an activating group) is 1. The Morgan fingerprint density at radius 3 is 2.54 bits per heavy atom. The first-order valence-corrected chi connectivity index (χ1v) is 8.92. The minimum Gasteiger partial charge on any atom is -0.490 e. The Bertz CT molecular complexity index is 685. The van der Waals surface area contributed by atoms with Crippen molar-refractivity contribution in [1.29, 1.82) is 0 Å². The Labute approximate surface area is 155 Å². The van der Waals surface area contributed by atoms with Crippen LogP contribution in [0.4, 0.5) is 4.79 Å². The van der Waals surface area contributed by atoms with Gasteiger partial charge in [-0.1, -0.05) is 0 Å². The summed E-state index contributed by atoms with van der Waals surface area (Å²) in [5, 5.41) is 2.59. The number of rotatable bonds is 6. The largest absolute Gasteiger partial charge is 0.490 e. The van der Waals surface area contributed by atoms with E-state index in [0.717, 1.165) is 14.0 Å². The van der Waals surface area contributed by atoms with E-state index in [0.29, 0.717) is 24.7 Å². The van der Waals surface area contributed by atoms with Crippen LogP contribution in [0.1, 0.15) is 33.3 Å². The number of benzene rings is 1. The van der Waals surface area contributed by atoms with Crippen LogP contribution in [0, 0.1) is 3.57 Å². The van der Waals surface area contributed by atoms with Gasteiger partial charge in [-0.15, -0.1) is 0 Å². The molecule has 1 aliphatic rings. The summed E-state index contributed by atoms with van der Waals surface area (Å²) in [7, 11) is 0. The summed E-state index contributed by atoms with van der Waals surface area (Å²) < 4.78 is 12.4. The average Bonchev–Trinajstić information content (AvgIpc) is 2.76. The summed E-state index contributed by atoms with van der Waals surface area (Å²) >= 11 is 2.18. The predicted molar refractivity (Wildman–Crippen MR) is 100.0 cm³/mol. The number of hydrogen-bond donors (Lipinski definition) is 1. The monoisotopic (exact) mass is 444 g/mol. The topological polar surface area (TPSA) is 67.9 Å². The first-order valence-electron chi connectivity index (χ1n) is 7.84. The third-order valence-corrected chi connectivity index (χ3v) is 4.08. The molecule has 0 radical (unpaired) electrons. The van der Waals surface area contributed by atoms with Crippen LogP contribution in [0.3, 0.4) is 0 Å². The molecule has 0 bridgehead atoms. The number of carbonyl (C=O) groups is 2. The van der Waals surface area contributed by atoms with Crippen LogP contribution < -0.4 is 14.8 Å². The fourth-order valence-corrected chi connectivity index (χ4v) is 3.06. The molecular formula is C17H21IN2O4. The van der Waals surface area contributed by atoms with E-state index in [1.54, 1.807) is 13.0 Å². The van der Waals surface area contributed by atoms with Gasteiger partial charge in [0.05, 0.1) is 16.3 Å².